The van der Waals surface area contributed by atoms with Crippen molar-refractivity contribution in [3.8, 4) is 0 Å². The molecule has 0 aromatic rings. The van der Waals surface area contributed by atoms with Crippen LogP contribution < -0.4 is 38.1 Å². The number of allylic oxidation sites excluding steroid dienone is 9. The minimum Gasteiger partial charge on any atom is -0.480 e. The number of hydrogen-bond acceptors (Lipinski definition) is 18. The molecular formula is C88H175N17O2. The van der Waals surface area contributed by atoms with Crippen molar-refractivity contribution in [2.45, 2.75) is 246 Å². The molecule has 9 fully saturated rings. The summed E-state index contributed by atoms with van der Waals surface area (Å²) in [6, 6.07) is 4.88. The summed E-state index contributed by atoms with van der Waals surface area (Å²) < 4.78 is 0. The van der Waals surface area contributed by atoms with Crippen LogP contribution in [0.5, 0.6) is 0 Å². The molecule has 9 aliphatic heterocycles. The number of aliphatic carboxylic acids is 1. The molecule has 19 heteroatoms. The minimum atomic E-state index is -0.723. The summed E-state index contributed by atoms with van der Waals surface area (Å²) in [6.07, 6.45) is 4.08. The van der Waals surface area contributed by atoms with Crippen LogP contribution in [0.3, 0.4) is 0 Å². The highest BCUT2D eigenvalue weighted by molar-refractivity contribution is 5.74. The maximum atomic E-state index is 10.9. The molecule has 7 unspecified atom stereocenters. The smallest absolute Gasteiger partial charge is 0.326 e. The fourth-order valence-corrected chi connectivity index (χ4v) is 13.6. The predicted molar refractivity (Wildman–Crippen MR) is 468 cm³/mol. The summed E-state index contributed by atoms with van der Waals surface area (Å²) in [6.45, 7) is 105. The highest BCUT2D eigenvalue weighted by atomic mass is 16.4. The minimum absolute atomic E-state index is 0. The number of likely N-dealkylation sites (tertiary alicyclic amines) is 6. The van der Waals surface area contributed by atoms with Crippen molar-refractivity contribution >= 4 is 5.97 Å². The Labute approximate surface area is 661 Å². The van der Waals surface area contributed by atoms with Crippen LogP contribution in [0.25, 0.3) is 0 Å². The second-order valence-electron chi connectivity index (χ2n) is 34.7. The predicted octanol–water partition coefficient (Wildman–Crippen LogP) is 13.0. The lowest BCUT2D eigenvalue weighted by Gasteiger charge is -2.46. The highest BCUT2D eigenvalue weighted by Crippen LogP contribution is 2.28. The van der Waals surface area contributed by atoms with E-state index in [0.717, 1.165) is 149 Å². The van der Waals surface area contributed by atoms with Crippen LogP contribution >= 0.6 is 0 Å². The Kier molecular flexibility index (Phi) is 49.1. The van der Waals surface area contributed by atoms with Crippen molar-refractivity contribution in [2.24, 2.45) is 64.7 Å². The molecule has 107 heavy (non-hydrogen) atoms. The third-order valence-electron chi connectivity index (χ3n) is 22.2. The SMILES string of the molecule is C.C=C(C(C)C)N1CC(C)NC(C)C1.C=C(C(C)C)N1CC(N(C)C)C1.C=C(C(C)C)N1CC(N)C1.C=C(C(C)C)N1CC(NC)C1.C=C(C(C)C)N1CCC(N)C1.C=C(C(C)C)N1CCC(NC)C1.C=C(C(C)C)N1CCCC1C(=O)O.C=C(C(C)C)N1CCNC(C)C1.C=C(C(C)C)N1CCNCC1C. The average Bonchev–Trinajstić information content (AvgIpc) is 1.55. The molecule has 9 aliphatic rings. The molecule has 0 aromatic carbocycles. The third kappa shape index (κ3) is 36.8. The van der Waals surface area contributed by atoms with Crippen molar-refractivity contribution in [2.75, 3.05) is 153 Å². The van der Waals surface area contributed by atoms with Gasteiger partial charge in [-0.05, 0) is 135 Å². The molecule has 0 radical (unpaired) electrons. The Hall–Kier alpha value is -4.99. The van der Waals surface area contributed by atoms with E-state index >= 15 is 0 Å². The lowest BCUT2D eigenvalue weighted by atomic mass is 10.0. The van der Waals surface area contributed by atoms with E-state index in [1.165, 1.54) is 58.5 Å². The fraction of sp³-hybridized carbons (Fsp3) is 0.784. The van der Waals surface area contributed by atoms with E-state index in [4.69, 9.17) is 16.6 Å². The van der Waals surface area contributed by atoms with E-state index in [1.807, 2.05) is 32.8 Å². The molecule has 9 saturated heterocycles. The number of nitrogens with one attached hydrogen (secondary N) is 5. The number of likely N-dealkylation sites (N-methyl/N-ethyl adjacent to an activating group) is 3. The maximum Gasteiger partial charge on any atom is 0.326 e. The molecule has 0 amide bonds. The molecule has 0 aromatic heterocycles. The van der Waals surface area contributed by atoms with E-state index in [2.05, 4.69) is 282 Å². The summed E-state index contributed by atoms with van der Waals surface area (Å²) in [7, 11) is 8.33. The monoisotopic (exact) mass is 1500 g/mol. The van der Waals surface area contributed by atoms with Gasteiger partial charge in [-0.15, -0.1) is 0 Å². The largest absolute Gasteiger partial charge is 0.480 e. The fourth-order valence-electron chi connectivity index (χ4n) is 13.6. The van der Waals surface area contributed by atoms with E-state index in [0.29, 0.717) is 102 Å². The first-order valence-electron chi connectivity index (χ1n) is 41.2. The summed E-state index contributed by atoms with van der Waals surface area (Å²) in [5, 5.41) is 25.8. The van der Waals surface area contributed by atoms with Crippen LogP contribution in [0.4, 0.5) is 0 Å². The number of rotatable bonds is 22. The zero-order valence-corrected chi connectivity index (χ0v) is 73.6. The Morgan fingerprint density at radius 1 is 0.411 bits per heavy atom. The highest BCUT2D eigenvalue weighted by Gasteiger charge is 2.34. The van der Waals surface area contributed by atoms with Crippen LogP contribution in [0.2, 0.25) is 0 Å². The van der Waals surface area contributed by atoms with Gasteiger partial charge in [0, 0.05) is 230 Å². The molecule has 9 rings (SSSR count). The number of nitrogens with zero attached hydrogens (tertiary/aromatic N) is 10. The van der Waals surface area contributed by atoms with Crippen molar-refractivity contribution in [3.05, 3.63) is 110 Å². The van der Waals surface area contributed by atoms with Crippen LogP contribution in [0.1, 0.15) is 185 Å². The molecule has 9 heterocycles. The Balaban J connectivity index is 0.00000118. The summed E-state index contributed by atoms with van der Waals surface area (Å²) in [4.78, 5) is 33.9. The van der Waals surface area contributed by atoms with E-state index < -0.39 is 5.97 Å². The topological polar surface area (TPSA) is 182 Å². The molecule has 7 atom stereocenters. The zero-order valence-electron chi connectivity index (χ0n) is 73.6. The van der Waals surface area contributed by atoms with Gasteiger partial charge in [-0.25, -0.2) is 4.79 Å². The number of carbonyl (C=O) groups is 1. The van der Waals surface area contributed by atoms with Gasteiger partial charge in [0.15, 0.2) is 0 Å². The van der Waals surface area contributed by atoms with E-state index in [1.54, 1.807) is 0 Å². The summed E-state index contributed by atoms with van der Waals surface area (Å²) in [5.74, 6) is 4.21. The number of carboxylic acids is 1. The Bertz CT molecular complexity index is 2600. The summed E-state index contributed by atoms with van der Waals surface area (Å²) in [5.41, 5.74) is 22.5. The lowest BCUT2D eigenvalue weighted by molar-refractivity contribution is -0.141. The Morgan fingerprint density at radius 2 is 0.757 bits per heavy atom. The number of hydrogen-bond donors (Lipinski definition) is 8. The van der Waals surface area contributed by atoms with E-state index in [-0.39, 0.29) is 13.5 Å². The van der Waals surface area contributed by atoms with Gasteiger partial charge in [-0.3, -0.25) is 0 Å². The molecule has 19 nitrogen and oxygen atoms in total. The quantitative estimate of drug-likeness (QED) is 0.0512. The second-order valence-corrected chi connectivity index (χ2v) is 34.7. The van der Waals surface area contributed by atoms with E-state index in [9.17, 15) is 4.79 Å². The van der Waals surface area contributed by atoms with Gasteiger partial charge >= 0.3 is 5.97 Å². The molecule has 0 saturated carbocycles. The number of piperazine rings is 3. The van der Waals surface area contributed by atoms with Crippen LogP contribution in [0.15, 0.2) is 110 Å². The lowest BCUT2D eigenvalue weighted by Crippen LogP contribution is -2.56. The molecule has 0 aliphatic carbocycles. The van der Waals surface area contributed by atoms with Gasteiger partial charge < -0.3 is 92.2 Å². The zero-order chi connectivity index (χ0) is 81.3. The molecule has 0 bridgehead atoms. The van der Waals surface area contributed by atoms with Crippen LogP contribution in [-0.2, 0) is 4.79 Å². The van der Waals surface area contributed by atoms with Crippen molar-refractivity contribution in [1.29, 1.82) is 0 Å². The molecule has 0 spiro atoms. The summed E-state index contributed by atoms with van der Waals surface area (Å²) >= 11 is 0. The van der Waals surface area contributed by atoms with Gasteiger partial charge in [0.1, 0.15) is 6.04 Å². The molecule has 624 valence electrons. The normalized spacial score (nSPS) is 22.9. The third-order valence-corrected chi connectivity index (χ3v) is 22.2. The van der Waals surface area contributed by atoms with Gasteiger partial charge in [-0.2, -0.15) is 0 Å². The maximum absolute atomic E-state index is 10.9. The van der Waals surface area contributed by atoms with Crippen LogP contribution in [-0.4, -0.2) is 273 Å². The first-order chi connectivity index (χ1) is 49.3. The van der Waals surface area contributed by atoms with Gasteiger partial charge in [-0.1, -0.05) is 191 Å². The number of nitrogens with two attached hydrogens (primary N) is 2. The average molecular weight is 1500 g/mol. The van der Waals surface area contributed by atoms with Crippen LogP contribution in [0, 0.1) is 53.3 Å². The molecule has 10 N–H and O–H groups in total. The molecular weight excluding hydrogens is 1330 g/mol. The first kappa shape index (κ1) is 102. The second kappa shape index (κ2) is 51.5. The van der Waals surface area contributed by atoms with Crippen molar-refractivity contribution in [1.82, 2.24) is 75.6 Å². The van der Waals surface area contributed by atoms with Crippen molar-refractivity contribution < 1.29 is 9.90 Å². The standard InChI is InChI=1S/C11H22N2.4C10H20N2.C10H17NO2.2C9H18N2.C8H16N2.CH4/c1-8(2)11(5)13-6-9(3)12-10(4)7-13;1-8(2)9(3)12-6-10(7-12)11(4)5;1-8(2)9(3)12-6-5-10(7-12)11-4;1-8(2)10(4)12-6-5-11-9(3)7-12;1-8(2)10(4)12-6-5-11-7-9(12)3;1-7(2)8(3)11-6-4-5-9(11)10(12)13;1-7(2)8(3)11-5-9(6-11)10-4;1-7(2)8(3)11-5-4-9(10)6-11;1-6(2)7(3)10-4-8(9)5-10;/h8-10,12H,5-7H2,1-4H3;8,10H,3,6-7H2,1-2,4-5H3;8,10-11H,3,5-7H2,1-2,4H3;2*8-9,11H,4-7H2,1-3H3;7,9H,3-6H2,1-2H3,(H,12,13);7,9-10H,3,5-6H2,1-2,4H3;7,9H,3-6,10H2,1-2H3;6,8H,3-5,9H2,1-2H3;1H4. The van der Waals surface area contributed by atoms with Crippen molar-refractivity contribution in [3.63, 3.8) is 0 Å². The van der Waals surface area contributed by atoms with Gasteiger partial charge in [0.05, 0.1) is 0 Å². The Morgan fingerprint density at radius 3 is 1.11 bits per heavy atom. The van der Waals surface area contributed by atoms with Gasteiger partial charge in [0.2, 0.25) is 0 Å². The number of carboxylic acid groups (broad SMARTS) is 1. The van der Waals surface area contributed by atoms with Gasteiger partial charge in [0.25, 0.3) is 0 Å². The first-order valence-corrected chi connectivity index (χ1v) is 41.2.